The molecule has 3 rings (SSSR count). The Hall–Kier alpha value is -2.32. The van der Waals surface area contributed by atoms with Gasteiger partial charge in [-0.3, -0.25) is 0 Å². The molecule has 106 valence electrons. The Labute approximate surface area is 125 Å². The first-order valence-electron chi connectivity index (χ1n) is 7.26. The van der Waals surface area contributed by atoms with E-state index in [0.717, 1.165) is 23.1 Å². The lowest BCUT2D eigenvalue weighted by atomic mass is 10.1. The normalized spacial score (nSPS) is 12.2. The van der Waals surface area contributed by atoms with Crippen molar-refractivity contribution in [3.05, 3.63) is 78.4 Å². The van der Waals surface area contributed by atoms with Gasteiger partial charge in [0.1, 0.15) is 5.75 Å². The second kappa shape index (κ2) is 6.42. The lowest BCUT2D eigenvalue weighted by Crippen LogP contribution is -2.14. The van der Waals surface area contributed by atoms with E-state index >= 15 is 0 Å². The Balaban J connectivity index is 1.65. The third kappa shape index (κ3) is 3.23. The van der Waals surface area contributed by atoms with Gasteiger partial charge >= 0.3 is 0 Å². The van der Waals surface area contributed by atoms with Gasteiger partial charge in [0.2, 0.25) is 0 Å². The third-order valence-corrected chi connectivity index (χ3v) is 3.66. The van der Waals surface area contributed by atoms with Crippen LogP contribution in [0.2, 0.25) is 0 Å². The van der Waals surface area contributed by atoms with Crippen LogP contribution in [0.3, 0.4) is 0 Å². The topological polar surface area (TPSA) is 35.2 Å². The molecule has 0 amide bonds. The van der Waals surface area contributed by atoms with Crippen LogP contribution < -0.4 is 10.5 Å². The number of nitrogens with two attached hydrogens (primary N) is 1. The average Bonchev–Trinajstić information content (AvgIpc) is 2.56. The monoisotopic (exact) mass is 277 g/mol. The van der Waals surface area contributed by atoms with Crippen molar-refractivity contribution in [2.24, 2.45) is 5.73 Å². The van der Waals surface area contributed by atoms with Crippen LogP contribution in [0.5, 0.6) is 5.75 Å². The van der Waals surface area contributed by atoms with Crippen LogP contribution in [0.25, 0.3) is 10.8 Å². The van der Waals surface area contributed by atoms with E-state index in [-0.39, 0.29) is 6.04 Å². The molecule has 0 saturated carbocycles. The summed E-state index contributed by atoms with van der Waals surface area (Å²) in [5.74, 6) is 0.924. The van der Waals surface area contributed by atoms with Gasteiger partial charge in [-0.1, -0.05) is 66.7 Å². The molecule has 2 nitrogen and oxygen atoms in total. The lowest BCUT2D eigenvalue weighted by Gasteiger charge is -2.14. The molecule has 3 aromatic carbocycles. The van der Waals surface area contributed by atoms with Crippen molar-refractivity contribution in [2.75, 3.05) is 6.61 Å². The molecule has 2 heteroatoms. The van der Waals surface area contributed by atoms with Gasteiger partial charge in [-0.15, -0.1) is 0 Å². The number of hydrogen-bond donors (Lipinski definition) is 1. The quantitative estimate of drug-likeness (QED) is 0.754. The maximum absolute atomic E-state index is 6.19. The van der Waals surface area contributed by atoms with Gasteiger partial charge in [0.25, 0.3) is 0 Å². The molecule has 0 radical (unpaired) electrons. The molecule has 0 heterocycles. The summed E-state index contributed by atoms with van der Waals surface area (Å²) in [5, 5.41) is 2.34. The van der Waals surface area contributed by atoms with Gasteiger partial charge in [0.05, 0.1) is 6.61 Å². The molecule has 21 heavy (non-hydrogen) atoms. The van der Waals surface area contributed by atoms with Crippen molar-refractivity contribution in [3.63, 3.8) is 0 Å². The van der Waals surface area contributed by atoms with Crippen molar-refractivity contribution >= 4 is 10.8 Å². The Bertz CT molecular complexity index is 704. The fourth-order valence-corrected chi connectivity index (χ4v) is 2.48. The minimum absolute atomic E-state index is 0.0150. The molecule has 0 bridgehead atoms. The van der Waals surface area contributed by atoms with Gasteiger partial charge in [0.15, 0.2) is 0 Å². The lowest BCUT2D eigenvalue weighted by molar-refractivity contribution is 0.302. The Morgan fingerprint density at radius 3 is 2.38 bits per heavy atom. The standard InChI is InChI=1S/C19H19NO/c20-18(16-8-2-1-3-9-16)13-14-21-19-12-6-10-15-7-4-5-11-17(15)19/h1-12,18H,13-14,20H2/t18-/m1/s1. The number of ether oxygens (including phenoxy) is 1. The fourth-order valence-electron chi connectivity index (χ4n) is 2.48. The van der Waals surface area contributed by atoms with E-state index in [1.807, 2.05) is 42.5 Å². The predicted molar refractivity (Wildman–Crippen MR) is 87.4 cm³/mol. The average molecular weight is 277 g/mol. The zero-order valence-corrected chi connectivity index (χ0v) is 11.9. The zero-order chi connectivity index (χ0) is 14.5. The minimum atomic E-state index is 0.0150. The molecular formula is C19H19NO. The smallest absolute Gasteiger partial charge is 0.127 e. The fraction of sp³-hybridized carbons (Fsp3) is 0.158. The maximum Gasteiger partial charge on any atom is 0.127 e. The molecule has 2 N–H and O–H groups in total. The number of hydrogen-bond acceptors (Lipinski definition) is 2. The molecular weight excluding hydrogens is 258 g/mol. The van der Waals surface area contributed by atoms with Crippen LogP contribution in [0, 0.1) is 0 Å². The molecule has 1 atom stereocenters. The molecule has 0 aliphatic heterocycles. The van der Waals surface area contributed by atoms with E-state index in [0.29, 0.717) is 6.61 Å². The summed E-state index contributed by atoms with van der Waals surface area (Å²) in [6, 6.07) is 24.5. The second-order valence-electron chi connectivity index (χ2n) is 5.13. The predicted octanol–water partition coefficient (Wildman–Crippen LogP) is 4.31. The third-order valence-electron chi connectivity index (χ3n) is 3.66. The SMILES string of the molecule is N[C@H](CCOc1cccc2ccccc12)c1ccccc1. The van der Waals surface area contributed by atoms with Gasteiger partial charge in [-0.05, 0) is 17.0 Å². The highest BCUT2D eigenvalue weighted by atomic mass is 16.5. The largest absolute Gasteiger partial charge is 0.493 e. The Morgan fingerprint density at radius 1 is 0.810 bits per heavy atom. The highest BCUT2D eigenvalue weighted by Gasteiger charge is 2.06. The highest BCUT2D eigenvalue weighted by molar-refractivity contribution is 5.88. The number of benzene rings is 3. The Morgan fingerprint density at radius 2 is 1.52 bits per heavy atom. The zero-order valence-electron chi connectivity index (χ0n) is 11.9. The molecule has 0 aromatic heterocycles. The maximum atomic E-state index is 6.19. The first-order chi connectivity index (χ1) is 10.3. The molecule has 0 spiro atoms. The van der Waals surface area contributed by atoms with Crippen molar-refractivity contribution in [1.29, 1.82) is 0 Å². The van der Waals surface area contributed by atoms with Crippen LogP contribution in [0.15, 0.2) is 72.8 Å². The van der Waals surface area contributed by atoms with Crippen LogP contribution in [-0.2, 0) is 0 Å². The van der Waals surface area contributed by atoms with Gasteiger partial charge in [0, 0.05) is 17.8 Å². The van der Waals surface area contributed by atoms with E-state index in [1.54, 1.807) is 0 Å². The number of rotatable bonds is 5. The summed E-state index contributed by atoms with van der Waals surface area (Å²) < 4.78 is 5.93. The summed E-state index contributed by atoms with van der Waals surface area (Å²) in [7, 11) is 0. The Kier molecular flexibility index (Phi) is 4.17. The van der Waals surface area contributed by atoms with E-state index < -0.39 is 0 Å². The summed E-state index contributed by atoms with van der Waals surface area (Å²) in [6.07, 6.45) is 0.799. The van der Waals surface area contributed by atoms with Crippen LogP contribution in [-0.4, -0.2) is 6.61 Å². The first-order valence-corrected chi connectivity index (χ1v) is 7.26. The minimum Gasteiger partial charge on any atom is -0.493 e. The molecule has 0 unspecified atom stereocenters. The molecule has 0 aliphatic rings. The van der Waals surface area contributed by atoms with E-state index in [2.05, 4.69) is 30.3 Å². The molecule has 0 fully saturated rings. The summed E-state index contributed by atoms with van der Waals surface area (Å²) in [5.41, 5.74) is 7.34. The molecule has 0 aliphatic carbocycles. The van der Waals surface area contributed by atoms with E-state index in [9.17, 15) is 0 Å². The molecule has 0 saturated heterocycles. The van der Waals surface area contributed by atoms with E-state index in [1.165, 1.54) is 5.39 Å². The summed E-state index contributed by atoms with van der Waals surface area (Å²) >= 11 is 0. The van der Waals surface area contributed by atoms with Gasteiger partial charge < -0.3 is 10.5 Å². The van der Waals surface area contributed by atoms with Crippen LogP contribution in [0.1, 0.15) is 18.0 Å². The second-order valence-corrected chi connectivity index (χ2v) is 5.13. The van der Waals surface area contributed by atoms with Crippen LogP contribution >= 0.6 is 0 Å². The summed E-state index contributed by atoms with van der Waals surface area (Å²) in [6.45, 7) is 0.615. The molecule has 3 aromatic rings. The van der Waals surface area contributed by atoms with Crippen LogP contribution in [0.4, 0.5) is 0 Å². The van der Waals surface area contributed by atoms with Gasteiger partial charge in [-0.2, -0.15) is 0 Å². The highest BCUT2D eigenvalue weighted by Crippen LogP contribution is 2.25. The van der Waals surface area contributed by atoms with Crippen molar-refractivity contribution < 1.29 is 4.74 Å². The van der Waals surface area contributed by atoms with E-state index in [4.69, 9.17) is 10.5 Å². The first kappa shape index (κ1) is 13.7. The van der Waals surface area contributed by atoms with Gasteiger partial charge in [-0.25, -0.2) is 0 Å². The van der Waals surface area contributed by atoms with Crippen molar-refractivity contribution in [1.82, 2.24) is 0 Å². The number of fused-ring (bicyclic) bond motifs is 1. The summed E-state index contributed by atoms with van der Waals surface area (Å²) in [4.78, 5) is 0. The van der Waals surface area contributed by atoms with Crippen molar-refractivity contribution in [2.45, 2.75) is 12.5 Å². The van der Waals surface area contributed by atoms with Crippen molar-refractivity contribution in [3.8, 4) is 5.75 Å².